The smallest absolute Gasteiger partial charge is 0.233 e. The maximum absolute atomic E-state index is 5.91. The van der Waals surface area contributed by atoms with Gasteiger partial charge in [-0.2, -0.15) is 0 Å². The van der Waals surface area contributed by atoms with E-state index in [9.17, 15) is 0 Å². The lowest BCUT2D eigenvalue weighted by molar-refractivity contribution is 0.322. The van der Waals surface area contributed by atoms with Crippen LogP contribution in [0.2, 0.25) is 0 Å². The monoisotopic (exact) mass is 261 g/mol. The molecule has 2 heterocycles. The highest BCUT2D eigenvalue weighted by atomic mass is 16.5. The highest BCUT2D eigenvalue weighted by molar-refractivity contribution is 5.40. The molecule has 0 aliphatic carbocycles. The standard InChI is InChI=1S/C13H19N5O/c1-4-18-11(7-12(17-18)19-5-2)6-10-8-15-9(3)16-13(10)14/h7-8H,4-6H2,1-3H3,(H2,14,15,16). The maximum atomic E-state index is 5.91. The fourth-order valence-corrected chi connectivity index (χ4v) is 1.91. The number of anilines is 1. The predicted molar refractivity (Wildman–Crippen MR) is 73.1 cm³/mol. The van der Waals surface area contributed by atoms with E-state index < -0.39 is 0 Å². The van der Waals surface area contributed by atoms with Crippen molar-refractivity contribution < 1.29 is 4.74 Å². The predicted octanol–water partition coefficient (Wildman–Crippen LogP) is 1.57. The van der Waals surface area contributed by atoms with Crippen LogP contribution in [0.5, 0.6) is 5.88 Å². The molecule has 0 amide bonds. The second-order valence-electron chi connectivity index (χ2n) is 4.23. The van der Waals surface area contributed by atoms with E-state index in [1.807, 2.05) is 31.5 Å². The van der Waals surface area contributed by atoms with Crippen LogP contribution >= 0.6 is 0 Å². The average Bonchev–Trinajstić information content (AvgIpc) is 2.75. The maximum Gasteiger partial charge on any atom is 0.233 e. The van der Waals surface area contributed by atoms with Gasteiger partial charge in [0, 0.05) is 36.5 Å². The molecule has 0 spiro atoms. The Hall–Kier alpha value is -2.11. The number of rotatable bonds is 5. The van der Waals surface area contributed by atoms with Gasteiger partial charge in [0.2, 0.25) is 5.88 Å². The number of nitrogen functional groups attached to an aromatic ring is 1. The minimum atomic E-state index is 0.523. The van der Waals surface area contributed by atoms with Gasteiger partial charge in [-0.25, -0.2) is 9.97 Å². The second-order valence-corrected chi connectivity index (χ2v) is 4.23. The largest absolute Gasteiger partial charge is 0.477 e. The Morgan fingerprint density at radius 1 is 1.37 bits per heavy atom. The van der Waals surface area contributed by atoms with E-state index in [2.05, 4.69) is 15.1 Å². The lowest BCUT2D eigenvalue weighted by Crippen LogP contribution is -2.07. The lowest BCUT2D eigenvalue weighted by Gasteiger charge is -2.06. The van der Waals surface area contributed by atoms with E-state index in [4.69, 9.17) is 10.5 Å². The summed E-state index contributed by atoms with van der Waals surface area (Å²) >= 11 is 0. The highest BCUT2D eigenvalue weighted by Crippen LogP contribution is 2.18. The summed E-state index contributed by atoms with van der Waals surface area (Å²) < 4.78 is 7.33. The van der Waals surface area contributed by atoms with E-state index in [1.54, 1.807) is 6.20 Å². The van der Waals surface area contributed by atoms with Crippen LogP contribution in [0.3, 0.4) is 0 Å². The molecule has 19 heavy (non-hydrogen) atoms. The molecule has 0 saturated carbocycles. The zero-order chi connectivity index (χ0) is 13.8. The number of aromatic nitrogens is 4. The van der Waals surface area contributed by atoms with Gasteiger partial charge in [0.15, 0.2) is 0 Å². The molecule has 2 aromatic heterocycles. The average molecular weight is 261 g/mol. The van der Waals surface area contributed by atoms with Crippen LogP contribution in [0.25, 0.3) is 0 Å². The van der Waals surface area contributed by atoms with Gasteiger partial charge in [-0.1, -0.05) is 0 Å². The summed E-state index contributed by atoms with van der Waals surface area (Å²) in [6.45, 7) is 7.20. The summed E-state index contributed by atoms with van der Waals surface area (Å²) in [6.07, 6.45) is 2.42. The highest BCUT2D eigenvalue weighted by Gasteiger charge is 2.11. The van der Waals surface area contributed by atoms with Crippen LogP contribution in [0.1, 0.15) is 30.9 Å². The van der Waals surface area contributed by atoms with Gasteiger partial charge in [0.05, 0.1) is 6.61 Å². The number of hydrogen-bond donors (Lipinski definition) is 1. The second kappa shape index (κ2) is 5.69. The van der Waals surface area contributed by atoms with E-state index in [1.165, 1.54) is 0 Å². The number of nitrogens with two attached hydrogens (primary N) is 1. The summed E-state index contributed by atoms with van der Waals surface area (Å²) in [5.41, 5.74) is 7.87. The number of ether oxygens (including phenoxy) is 1. The Balaban J connectivity index is 2.26. The van der Waals surface area contributed by atoms with Gasteiger partial charge in [0.25, 0.3) is 0 Å². The quantitative estimate of drug-likeness (QED) is 0.883. The fourth-order valence-electron chi connectivity index (χ4n) is 1.91. The van der Waals surface area contributed by atoms with Crippen molar-refractivity contribution in [2.24, 2.45) is 0 Å². The van der Waals surface area contributed by atoms with Crippen LogP contribution in [0, 0.1) is 6.92 Å². The first-order valence-corrected chi connectivity index (χ1v) is 6.41. The first-order valence-electron chi connectivity index (χ1n) is 6.41. The molecule has 2 rings (SSSR count). The van der Waals surface area contributed by atoms with Crippen molar-refractivity contribution in [3.63, 3.8) is 0 Å². The van der Waals surface area contributed by atoms with Crippen molar-refractivity contribution in [2.45, 2.75) is 33.7 Å². The molecule has 0 aromatic carbocycles. The van der Waals surface area contributed by atoms with Crippen molar-refractivity contribution in [1.29, 1.82) is 0 Å². The number of nitrogens with zero attached hydrogens (tertiary/aromatic N) is 4. The van der Waals surface area contributed by atoms with Crippen molar-refractivity contribution >= 4 is 5.82 Å². The number of aryl methyl sites for hydroxylation is 2. The lowest BCUT2D eigenvalue weighted by atomic mass is 10.1. The van der Waals surface area contributed by atoms with Crippen LogP contribution in [-0.4, -0.2) is 26.4 Å². The summed E-state index contributed by atoms with van der Waals surface area (Å²) in [7, 11) is 0. The van der Waals surface area contributed by atoms with Gasteiger partial charge in [-0.15, -0.1) is 5.10 Å². The molecule has 6 nitrogen and oxygen atoms in total. The third-order valence-electron chi connectivity index (χ3n) is 2.82. The van der Waals surface area contributed by atoms with Crippen molar-refractivity contribution in [2.75, 3.05) is 12.3 Å². The van der Waals surface area contributed by atoms with Gasteiger partial charge >= 0.3 is 0 Å². The molecule has 2 aromatic rings. The SMILES string of the molecule is CCOc1cc(Cc2cnc(C)nc2N)n(CC)n1. The molecular formula is C13H19N5O. The van der Waals surface area contributed by atoms with E-state index >= 15 is 0 Å². The van der Waals surface area contributed by atoms with Crippen molar-refractivity contribution in [3.8, 4) is 5.88 Å². The van der Waals surface area contributed by atoms with Crippen LogP contribution < -0.4 is 10.5 Å². The van der Waals surface area contributed by atoms with Gasteiger partial charge in [-0.3, -0.25) is 4.68 Å². The summed E-state index contributed by atoms with van der Waals surface area (Å²) in [4.78, 5) is 8.36. The first kappa shape index (κ1) is 13.3. The summed E-state index contributed by atoms with van der Waals surface area (Å²) in [5, 5.41) is 4.37. The minimum absolute atomic E-state index is 0.523. The third kappa shape index (κ3) is 3.01. The molecule has 102 valence electrons. The molecule has 0 bridgehead atoms. The van der Waals surface area contributed by atoms with Crippen LogP contribution in [0.4, 0.5) is 5.82 Å². The topological polar surface area (TPSA) is 78.9 Å². The first-order chi connectivity index (χ1) is 9.13. The Bertz CT molecular complexity index is 564. The van der Waals surface area contributed by atoms with E-state index in [0.29, 0.717) is 30.5 Å². The zero-order valence-corrected chi connectivity index (χ0v) is 11.6. The van der Waals surface area contributed by atoms with Gasteiger partial charge < -0.3 is 10.5 Å². The van der Waals surface area contributed by atoms with Crippen molar-refractivity contribution in [1.82, 2.24) is 19.7 Å². The van der Waals surface area contributed by atoms with Gasteiger partial charge in [0.1, 0.15) is 11.6 Å². The summed E-state index contributed by atoms with van der Waals surface area (Å²) in [6, 6.07) is 1.94. The Morgan fingerprint density at radius 2 is 2.16 bits per heavy atom. The summed E-state index contributed by atoms with van der Waals surface area (Å²) in [5.74, 6) is 1.85. The minimum Gasteiger partial charge on any atom is -0.477 e. The Labute approximate surface area is 112 Å². The Kier molecular flexibility index (Phi) is 3.99. The van der Waals surface area contributed by atoms with Crippen LogP contribution in [-0.2, 0) is 13.0 Å². The molecule has 0 radical (unpaired) electrons. The van der Waals surface area contributed by atoms with Gasteiger partial charge in [-0.05, 0) is 20.8 Å². The molecule has 0 aliphatic rings. The zero-order valence-electron chi connectivity index (χ0n) is 11.6. The fraction of sp³-hybridized carbons (Fsp3) is 0.462. The molecule has 6 heteroatoms. The molecule has 0 unspecified atom stereocenters. The third-order valence-corrected chi connectivity index (χ3v) is 2.82. The molecule has 0 saturated heterocycles. The normalized spacial score (nSPS) is 10.7. The van der Waals surface area contributed by atoms with Crippen molar-refractivity contribution in [3.05, 3.63) is 29.3 Å². The molecule has 2 N–H and O–H groups in total. The van der Waals surface area contributed by atoms with Crippen LogP contribution in [0.15, 0.2) is 12.3 Å². The molecule has 0 fully saturated rings. The number of hydrogen-bond acceptors (Lipinski definition) is 5. The van der Waals surface area contributed by atoms with E-state index in [0.717, 1.165) is 17.8 Å². The Morgan fingerprint density at radius 3 is 2.79 bits per heavy atom. The van der Waals surface area contributed by atoms with E-state index in [-0.39, 0.29) is 0 Å². The molecule has 0 atom stereocenters. The molecule has 0 aliphatic heterocycles. The molecular weight excluding hydrogens is 242 g/mol.